The fourth-order valence-corrected chi connectivity index (χ4v) is 4.36. The quantitative estimate of drug-likeness (QED) is 0.724. The number of urea groups is 1. The van der Waals surface area contributed by atoms with Crippen LogP contribution < -0.4 is 19.7 Å². The number of hydrogen-bond donors (Lipinski definition) is 1. The number of nitrogens with one attached hydrogen (secondary N) is 1. The van der Waals surface area contributed by atoms with E-state index in [2.05, 4.69) is 5.32 Å². The minimum atomic E-state index is -3.50. The highest BCUT2D eigenvalue weighted by Crippen LogP contribution is 2.31. The van der Waals surface area contributed by atoms with Crippen LogP contribution in [0.25, 0.3) is 0 Å². The van der Waals surface area contributed by atoms with Crippen LogP contribution in [0.4, 0.5) is 10.5 Å². The summed E-state index contributed by atoms with van der Waals surface area (Å²) in [6.07, 6.45) is 1.27. The normalized spacial score (nSPS) is 13.3. The summed E-state index contributed by atoms with van der Waals surface area (Å²) in [6.45, 7) is 0.982. The second-order valence-electron chi connectivity index (χ2n) is 7.15. The molecule has 0 spiro atoms. The minimum absolute atomic E-state index is 0.197. The lowest BCUT2D eigenvalue weighted by atomic mass is 10.1. The van der Waals surface area contributed by atoms with E-state index in [1.807, 2.05) is 18.2 Å². The Labute approximate surface area is 177 Å². The maximum absolute atomic E-state index is 12.7. The Morgan fingerprint density at radius 3 is 2.50 bits per heavy atom. The van der Waals surface area contributed by atoms with Crippen LogP contribution in [0.3, 0.4) is 0 Å². The molecule has 9 heteroatoms. The first kappa shape index (κ1) is 21.9. The molecule has 1 aliphatic heterocycles. The Morgan fingerprint density at radius 2 is 1.83 bits per heavy atom. The number of anilines is 1. The fraction of sp³-hybridized carbons (Fsp3) is 0.381. The Morgan fingerprint density at radius 1 is 1.10 bits per heavy atom. The van der Waals surface area contributed by atoms with Crippen LogP contribution >= 0.6 is 0 Å². The van der Waals surface area contributed by atoms with Gasteiger partial charge in [-0.15, -0.1) is 0 Å². The van der Waals surface area contributed by atoms with Gasteiger partial charge in [-0.05, 0) is 54.3 Å². The lowest BCUT2D eigenvalue weighted by Crippen LogP contribution is -2.39. The topological polar surface area (TPSA) is 88.2 Å². The number of carbonyl (C=O) groups excluding carboxylic acids is 1. The van der Waals surface area contributed by atoms with Crippen molar-refractivity contribution in [2.75, 3.05) is 46.3 Å². The predicted octanol–water partition coefficient (Wildman–Crippen LogP) is 2.27. The average Bonchev–Trinajstić information content (AvgIpc) is 3.16. The highest BCUT2D eigenvalue weighted by molar-refractivity contribution is 7.89. The molecule has 2 aromatic carbocycles. The average molecular weight is 434 g/mol. The highest BCUT2D eigenvalue weighted by Gasteiger charge is 2.27. The van der Waals surface area contributed by atoms with Crippen LogP contribution in [0.1, 0.15) is 11.1 Å². The van der Waals surface area contributed by atoms with Crippen molar-refractivity contribution in [3.05, 3.63) is 47.5 Å². The number of ether oxygens (including phenoxy) is 2. The van der Waals surface area contributed by atoms with Gasteiger partial charge >= 0.3 is 6.03 Å². The van der Waals surface area contributed by atoms with Gasteiger partial charge in [-0.25, -0.2) is 17.5 Å². The Hall–Kier alpha value is -2.78. The number of hydrogen-bond acceptors (Lipinski definition) is 5. The minimum Gasteiger partial charge on any atom is -0.493 e. The van der Waals surface area contributed by atoms with Crippen LogP contribution in [0, 0.1) is 0 Å². The van der Waals surface area contributed by atoms with Gasteiger partial charge in [0.1, 0.15) is 0 Å². The molecule has 0 bridgehead atoms. The van der Waals surface area contributed by atoms with Crippen molar-refractivity contribution < 1.29 is 22.7 Å². The molecule has 1 heterocycles. The smallest absolute Gasteiger partial charge is 0.321 e. The number of carbonyl (C=O) groups is 1. The summed E-state index contributed by atoms with van der Waals surface area (Å²) in [6, 6.07) is 10.4. The highest BCUT2D eigenvalue weighted by atomic mass is 32.2. The molecule has 8 nitrogen and oxygen atoms in total. The zero-order chi connectivity index (χ0) is 21.9. The number of sulfonamides is 1. The second-order valence-corrected chi connectivity index (χ2v) is 9.30. The van der Waals surface area contributed by atoms with Crippen LogP contribution in [0.5, 0.6) is 11.5 Å². The van der Waals surface area contributed by atoms with E-state index in [0.29, 0.717) is 37.4 Å². The molecule has 0 unspecified atom stereocenters. The summed E-state index contributed by atoms with van der Waals surface area (Å²) in [5.74, 6) is 1.31. The standard InChI is InChI=1S/C21H27N3O5S/c1-23(2)30(26,27)17-6-7-18-16(14-17)10-12-24(18)21(25)22-11-9-15-5-8-19(28-3)20(13-15)29-4/h5-8,13-14H,9-12H2,1-4H3,(H,22,25). The van der Waals surface area contributed by atoms with Crippen molar-refractivity contribution in [1.82, 2.24) is 9.62 Å². The summed E-state index contributed by atoms with van der Waals surface area (Å²) in [5, 5.41) is 2.93. The lowest BCUT2D eigenvalue weighted by Gasteiger charge is -2.19. The van der Waals surface area contributed by atoms with Gasteiger partial charge in [0.25, 0.3) is 0 Å². The zero-order valence-electron chi connectivity index (χ0n) is 17.6. The summed E-state index contributed by atoms with van der Waals surface area (Å²) in [5.41, 5.74) is 2.62. The molecule has 0 aliphatic carbocycles. The Bertz CT molecular complexity index is 1040. The number of methoxy groups -OCH3 is 2. The van der Waals surface area contributed by atoms with Gasteiger partial charge < -0.3 is 14.8 Å². The molecule has 1 aliphatic rings. The van der Waals surface area contributed by atoms with Crippen molar-refractivity contribution in [3.8, 4) is 11.5 Å². The van der Waals surface area contributed by atoms with Gasteiger partial charge in [-0.1, -0.05) is 6.07 Å². The molecular weight excluding hydrogens is 406 g/mol. The van der Waals surface area contributed by atoms with E-state index in [-0.39, 0.29) is 10.9 Å². The van der Waals surface area contributed by atoms with Crippen molar-refractivity contribution in [2.24, 2.45) is 0 Å². The molecule has 3 rings (SSSR count). The molecule has 1 N–H and O–H groups in total. The third kappa shape index (κ3) is 4.36. The van der Waals surface area contributed by atoms with Gasteiger partial charge in [0, 0.05) is 32.9 Å². The number of benzene rings is 2. The van der Waals surface area contributed by atoms with Crippen molar-refractivity contribution in [3.63, 3.8) is 0 Å². The lowest BCUT2D eigenvalue weighted by molar-refractivity contribution is 0.247. The van der Waals surface area contributed by atoms with E-state index in [1.165, 1.54) is 18.4 Å². The monoisotopic (exact) mass is 433 g/mol. The van der Waals surface area contributed by atoms with Crippen LogP contribution in [-0.4, -0.2) is 60.2 Å². The molecule has 30 heavy (non-hydrogen) atoms. The number of amides is 2. The fourth-order valence-electron chi connectivity index (χ4n) is 3.41. The van der Waals surface area contributed by atoms with Crippen molar-refractivity contribution >= 4 is 21.7 Å². The van der Waals surface area contributed by atoms with Crippen molar-refractivity contribution in [2.45, 2.75) is 17.7 Å². The van der Waals surface area contributed by atoms with Crippen LogP contribution in [0.15, 0.2) is 41.3 Å². The molecule has 0 saturated heterocycles. The molecule has 0 fully saturated rings. The van der Waals surface area contributed by atoms with Crippen LogP contribution in [-0.2, 0) is 22.9 Å². The first-order valence-electron chi connectivity index (χ1n) is 9.59. The van der Waals surface area contributed by atoms with Gasteiger partial charge in [-0.3, -0.25) is 4.90 Å². The first-order valence-corrected chi connectivity index (χ1v) is 11.0. The van der Waals surface area contributed by atoms with E-state index >= 15 is 0 Å². The summed E-state index contributed by atoms with van der Waals surface area (Å²) < 4.78 is 36.4. The molecule has 162 valence electrons. The third-order valence-electron chi connectivity index (χ3n) is 5.11. The SMILES string of the molecule is COc1ccc(CCNC(=O)N2CCc3cc(S(=O)(=O)N(C)C)ccc32)cc1OC. The largest absolute Gasteiger partial charge is 0.493 e. The molecule has 0 saturated carbocycles. The van der Waals surface area contributed by atoms with E-state index in [0.717, 1.165) is 16.8 Å². The zero-order valence-corrected chi connectivity index (χ0v) is 18.5. The summed E-state index contributed by atoms with van der Waals surface area (Å²) >= 11 is 0. The molecular formula is C21H27N3O5S. The summed E-state index contributed by atoms with van der Waals surface area (Å²) in [4.78, 5) is 14.5. The van der Waals surface area contributed by atoms with E-state index in [1.54, 1.807) is 37.3 Å². The van der Waals surface area contributed by atoms with Gasteiger partial charge in [-0.2, -0.15) is 0 Å². The Kier molecular flexibility index (Phi) is 6.52. The predicted molar refractivity (Wildman–Crippen MR) is 115 cm³/mol. The second kappa shape index (κ2) is 8.93. The molecule has 0 radical (unpaired) electrons. The maximum Gasteiger partial charge on any atom is 0.321 e. The number of rotatable bonds is 7. The molecule has 2 amide bonds. The Balaban J connectivity index is 1.63. The maximum atomic E-state index is 12.7. The molecule has 0 aromatic heterocycles. The first-order chi connectivity index (χ1) is 14.3. The van der Waals surface area contributed by atoms with Crippen molar-refractivity contribution in [1.29, 1.82) is 0 Å². The van der Waals surface area contributed by atoms with Gasteiger partial charge in [0.2, 0.25) is 10.0 Å². The number of nitrogens with zero attached hydrogens (tertiary/aromatic N) is 2. The third-order valence-corrected chi connectivity index (χ3v) is 6.92. The number of fused-ring (bicyclic) bond motifs is 1. The van der Waals surface area contributed by atoms with Crippen LogP contribution in [0.2, 0.25) is 0 Å². The molecule has 0 atom stereocenters. The van der Waals surface area contributed by atoms with Gasteiger partial charge in [0.05, 0.1) is 19.1 Å². The molecule has 2 aromatic rings. The van der Waals surface area contributed by atoms with E-state index in [4.69, 9.17) is 9.47 Å². The van der Waals surface area contributed by atoms with E-state index in [9.17, 15) is 13.2 Å². The summed E-state index contributed by atoms with van der Waals surface area (Å²) in [7, 11) is 2.68. The van der Waals surface area contributed by atoms with Gasteiger partial charge in [0.15, 0.2) is 11.5 Å². The van der Waals surface area contributed by atoms with E-state index < -0.39 is 10.0 Å².